The number of amides is 4. The van der Waals surface area contributed by atoms with E-state index in [0.29, 0.717) is 11.8 Å². The number of ether oxygens (including phenoxy) is 2. The SMILES string of the molecule is COC(=O)N[C@H](C(=O)N1C(c2nc3cc(-c4cc5ccc4CCc4ccc(c(-c6ccc7[nH]c([C@@H]8C[C@@H]9CCCC[C@@H]9N8C(=O)[C@@H](NC(=O)OC)C(C)C)nc7c6)c4)CC5)ccc3[nH]2)C[C@@H]2CCCC[C@@H]21)C(C)C. The summed E-state index contributed by atoms with van der Waals surface area (Å²) in [5, 5.41) is 5.68. The molecule has 4 amide bonds. The van der Waals surface area contributed by atoms with Crippen molar-refractivity contribution in [2.75, 3.05) is 14.2 Å². The number of imidazole rings is 2. The predicted octanol–water partition coefficient (Wildman–Crippen LogP) is 11.1. The van der Waals surface area contributed by atoms with Gasteiger partial charge < -0.3 is 39.9 Å². The van der Waals surface area contributed by atoms with Crippen LogP contribution in [0.25, 0.3) is 44.3 Å². The number of aryl methyl sites for hydroxylation is 4. The van der Waals surface area contributed by atoms with Gasteiger partial charge in [0, 0.05) is 12.1 Å². The van der Waals surface area contributed by atoms with Crippen LogP contribution in [0.4, 0.5) is 9.59 Å². The third kappa shape index (κ3) is 9.42. The third-order valence-electron chi connectivity index (χ3n) is 17.4. The largest absolute Gasteiger partial charge is 0.453 e. The molecule has 1 unspecified atom stereocenters. The molecular formula is C60H72N8O6. The van der Waals surface area contributed by atoms with Gasteiger partial charge in [0.15, 0.2) is 0 Å². The monoisotopic (exact) mass is 1000 g/mol. The Morgan fingerprint density at radius 2 is 0.973 bits per heavy atom. The Labute approximate surface area is 434 Å². The molecule has 2 aliphatic heterocycles. The molecule has 74 heavy (non-hydrogen) atoms. The van der Waals surface area contributed by atoms with Crippen molar-refractivity contribution < 1.29 is 28.7 Å². The van der Waals surface area contributed by atoms with Crippen molar-refractivity contribution in [1.29, 1.82) is 0 Å². The van der Waals surface area contributed by atoms with Gasteiger partial charge in [-0.25, -0.2) is 19.6 Å². The molecule has 0 radical (unpaired) electrons. The number of nitrogens with zero attached hydrogens (tertiary/aromatic N) is 4. The summed E-state index contributed by atoms with van der Waals surface area (Å²) in [6.45, 7) is 7.85. The molecule has 4 fully saturated rings. The van der Waals surface area contributed by atoms with Gasteiger partial charge in [0.25, 0.3) is 0 Å². The van der Waals surface area contributed by atoms with Gasteiger partial charge in [-0.3, -0.25) is 9.59 Å². The van der Waals surface area contributed by atoms with Crippen LogP contribution in [0.15, 0.2) is 72.8 Å². The molecular weight excluding hydrogens is 929 g/mol. The summed E-state index contributed by atoms with van der Waals surface area (Å²) in [5.74, 6) is 2.04. The van der Waals surface area contributed by atoms with Gasteiger partial charge in [-0.1, -0.05) is 102 Å². The van der Waals surface area contributed by atoms with Crippen LogP contribution in [0.3, 0.4) is 0 Å². The number of aromatic amines is 2. The van der Waals surface area contributed by atoms with Gasteiger partial charge in [-0.15, -0.1) is 0 Å². The molecule has 8 atom stereocenters. The molecule has 14 rings (SSSR count). The Morgan fingerprint density at radius 3 is 1.38 bits per heavy atom. The summed E-state index contributed by atoms with van der Waals surface area (Å²) in [6.07, 6.45) is 12.6. The summed E-state index contributed by atoms with van der Waals surface area (Å²) in [4.78, 5) is 75.7. The van der Waals surface area contributed by atoms with Crippen molar-refractivity contribution in [3.63, 3.8) is 0 Å². The smallest absolute Gasteiger partial charge is 0.407 e. The van der Waals surface area contributed by atoms with Gasteiger partial charge in [-0.2, -0.15) is 0 Å². The van der Waals surface area contributed by atoms with E-state index in [1.165, 1.54) is 47.6 Å². The molecule has 2 aromatic heterocycles. The Balaban J connectivity index is 0.849. The minimum atomic E-state index is -0.695. The Bertz CT molecular complexity index is 2900. The number of aromatic nitrogens is 4. The van der Waals surface area contributed by atoms with Crippen LogP contribution in [0.1, 0.15) is 138 Å². The van der Waals surface area contributed by atoms with Gasteiger partial charge in [0.1, 0.15) is 23.7 Å². The third-order valence-corrected chi connectivity index (χ3v) is 17.4. The summed E-state index contributed by atoms with van der Waals surface area (Å²) in [7, 11) is 2.66. The Hall–Kier alpha value is -6.70. The topological polar surface area (TPSA) is 175 Å². The van der Waals surface area contributed by atoms with E-state index in [9.17, 15) is 19.2 Å². The lowest BCUT2D eigenvalue weighted by Gasteiger charge is -2.36. The van der Waals surface area contributed by atoms with Crippen molar-refractivity contribution in [3.8, 4) is 22.3 Å². The van der Waals surface area contributed by atoms with E-state index in [4.69, 9.17) is 19.4 Å². The number of hydrogen-bond donors (Lipinski definition) is 4. The van der Waals surface area contributed by atoms with E-state index >= 15 is 0 Å². The number of hydrogen-bond acceptors (Lipinski definition) is 8. The molecule has 4 N–H and O–H groups in total. The highest BCUT2D eigenvalue weighted by Crippen LogP contribution is 2.48. The predicted molar refractivity (Wildman–Crippen MR) is 286 cm³/mol. The Morgan fingerprint density at radius 1 is 0.554 bits per heavy atom. The number of likely N-dealkylation sites (tertiary alicyclic amines) is 2. The molecule has 388 valence electrons. The molecule has 14 heteroatoms. The van der Waals surface area contributed by atoms with Crippen molar-refractivity contribution in [2.24, 2.45) is 23.7 Å². The average Bonchev–Trinajstić information content (AvgIpc) is 4.21. The van der Waals surface area contributed by atoms with E-state index < -0.39 is 24.3 Å². The maximum atomic E-state index is 14.5. The first-order chi connectivity index (χ1) is 35.8. The fraction of sp³-hybridized carbons (Fsp3) is 0.500. The first-order valence-electron chi connectivity index (χ1n) is 27.4. The molecule has 4 bridgehead atoms. The number of methoxy groups -OCH3 is 2. The lowest BCUT2D eigenvalue weighted by Crippen LogP contribution is -2.53. The van der Waals surface area contributed by atoms with Gasteiger partial charge in [0.05, 0.1) is 48.4 Å². The normalized spacial score (nSPS) is 23.4. The minimum Gasteiger partial charge on any atom is -0.453 e. The van der Waals surface area contributed by atoms with Crippen LogP contribution in [0.5, 0.6) is 0 Å². The van der Waals surface area contributed by atoms with E-state index in [0.717, 1.165) is 135 Å². The number of H-pyrrole nitrogens is 2. The molecule has 6 aromatic rings. The van der Waals surface area contributed by atoms with Crippen LogP contribution in [-0.2, 0) is 44.7 Å². The standard InChI is InChI=1S/C60H72N8O6/c1-33(2)53(65-59(71)73-5)57(69)67-49-13-9-7-11-41(49)31-51(67)55-61-45-25-23-39(29-47(45)63-55)43-27-35-15-19-37(43)21-17-36-16-20-38(22-18-35)44(28-36)40-24-26-46-48(30-40)64-56(62-46)52-32-42-12-8-10-14-50(42)68(52)58(70)54(34(3)4)66-60(72)74-6/h15-16,19-20,23-30,33-34,41-42,49-54H,7-14,17-18,21-22,31-32H2,1-6H3,(H,61,63)(H,62,64)(H,65,71)(H,66,72)/t41-,42-,49-,50-,51-,52?,53-,54-/m0/s1. The molecule has 4 aromatic carbocycles. The molecule has 0 spiro atoms. The van der Waals surface area contributed by atoms with Gasteiger partial charge in [-0.05, 0) is 157 Å². The molecule has 2 saturated carbocycles. The van der Waals surface area contributed by atoms with Crippen LogP contribution < -0.4 is 10.6 Å². The fourth-order valence-corrected chi connectivity index (χ4v) is 13.6. The quantitative estimate of drug-likeness (QED) is 0.105. The maximum Gasteiger partial charge on any atom is 0.407 e. The maximum absolute atomic E-state index is 14.5. The first-order valence-corrected chi connectivity index (χ1v) is 27.4. The van der Waals surface area contributed by atoms with Crippen molar-refractivity contribution in [3.05, 3.63) is 107 Å². The van der Waals surface area contributed by atoms with Crippen molar-refractivity contribution in [2.45, 2.75) is 154 Å². The van der Waals surface area contributed by atoms with Crippen LogP contribution in [0, 0.1) is 23.7 Å². The molecule has 2 saturated heterocycles. The fourth-order valence-electron chi connectivity index (χ4n) is 13.6. The highest BCUT2D eigenvalue weighted by atomic mass is 16.5. The summed E-state index contributed by atoms with van der Waals surface area (Å²) < 4.78 is 9.87. The highest BCUT2D eigenvalue weighted by molar-refractivity contribution is 5.89. The highest BCUT2D eigenvalue weighted by Gasteiger charge is 2.50. The second kappa shape index (κ2) is 20.5. The molecule has 6 aliphatic carbocycles. The summed E-state index contributed by atoms with van der Waals surface area (Å²) >= 11 is 0. The number of nitrogens with one attached hydrogen (secondary N) is 4. The second-order valence-corrected chi connectivity index (χ2v) is 22.6. The number of rotatable bonds is 10. The van der Waals surface area contributed by atoms with Crippen LogP contribution >= 0.6 is 0 Å². The zero-order valence-electron chi connectivity index (χ0n) is 43.8. The van der Waals surface area contributed by atoms with E-state index in [1.54, 1.807) is 0 Å². The minimum absolute atomic E-state index is 0.0673. The van der Waals surface area contributed by atoms with Crippen molar-refractivity contribution >= 4 is 46.1 Å². The second-order valence-electron chi connectivity index (χ2n) is 22.6. The lowest BCUT2D eigenvalue weighted by molar-refractivity contribution is -0.139. The molecule has 8 aliphatic rings. The number of fused-ring (bicyclic) bond motifs is 4. The van der Waals surface area contributed by atoms with Crippen molar-refractivity contribution in [1.82, 2.24) is 40.4 Å². The zero-order valence-corrected chi connectivity index (χ0v) is 43.8. The van der Waals surface area contributed by atoms with Crippen LogP contribution in [-0.4, -0.2) is 92.1 Å². The zero-order chi connectivity index (χ0) is 51.4. The van der Waals surface area contributed by atoms with Gasteiger partial charge >= 0.3 is 12.2 Å². The summed E-state index contributed by atoms with van der Waals surface area (Å²) in [6, 6.07) is 25.5. The number of benzene rings is 4. The summed E-state index contributed by atoms with van der Waals surface area (Å²) in [5.41, 5.74) is 13.5. The molecule has 14 nitrogen and oxygen atoms in total. The number of carbonyl (C=O) groups excluding carboxylic acids is 4. The molecule has 4 heterocycles. The van der Waals surface area contributed by atoms with E-state index in [2.05, 4.69) is 103 Å². The lowest BCUT2D eigenvalue weighted by atomic mass is 9.84. The average molecular weight is 1000 g/mol. The van der Waals surface area contributed by atoms with E-state index in [-0.39, 0.29) is 47.8 Å². The Kier molecular flexibility index (Phi) is 13.7. The first kappa shape index (κ1) is 49.5. The number of carbonyl (C=O) groups is 4. The number of alkyl carbamates (subject to hydrolysis) is 2. The van der Waals surface area contributed by atoms with Gasteiger partial charge in [0.2, 0.25) is 11.8 Å². The van der Waals surface area contributed by atoms with Crippen LogP contribution in [0.2, 0.25) is 0 Å². The van der Waals surface area contributed by atoms with E-state index in [1.807, 2.05) is 27.7 Å².